The summed E-state index contributed by atoms with van der Waals surface area (Å²) >= 11 is 0. The standard InChI is InChI=1S/C10H16N4O3/c1-2-16-10(15)11-9-8-14(12-17-9)13-6-4-3-5-7-13/h8H,2-7H2,1H3/p+1. The van der Waals surface area contributed by atoms with Crippen LogP contribution in [-0.2, 0) is 4.74 Å². The molecule has 1 N–H and O–H groups in total. The summed E-state index contributed by atoms with van der Waals surface area (Å²) in [6.07, 6.45) is 4.67. The number of hydrogen-bond acceptors (Lipinski definition) is 5. The van der Waals surface area contributed by atoms with Gasteiger partial charge in [0.2, 0.25) is 5.27 Å². The number of anilines is 1. The fourth-order valence-electron chi connectivity index (χ4n) is 1.78. The van der Waals surface area contributed by atoms with Gasteiger partial charge >= 0.3 is 12.0 Å². The molecule has 2 rings (SSSR count). The second-order valence-corrected chi connectivity index (χ2v) is 3.85. The van der Waals surface area contributed by atoms with Gasteiger partial charge in [-0.05, 0) is 26.2 Å². The van der Waals surface area contributed by atoms with Gasteiger partial charge in [-0.2, -0.15) is 5.01 Å². The molecule has 1 amide bonds. The third kappa shape index (κ3) is 3.08. The molecule has 17 heavy (non-hydrogen) atoms. The van der Waals surface area contributed by atoms with Crippen LogP contribution >= 0.6 is 0 Å². The quantitative estimate of drug-likeness (QED) is 0.787. The van der Waals surface area contributed by atoms with Crippen LogP contribution in [0.2, 0.25) is 0 Å². The minimum absolute atomic E-state index is 0.286. The minimum Gasteiger partial charge on any atom is -0.450 e. The third-order valence-electron chi connectivity index (χ3n) is 2.58. The highest BCUT2D eigenvalue weighted by Gasteiger charge is 2.23. The Morgan fingerprint density at radius 2 is 2.35 bits per heavy atom. The Bertz CT molecular complexity index is 373. The van der Waals surface area contributed by atoms with Gasteiger partial charge in [0.1, 0.15) is 0 Å². The summed E-state index contributed by atoms with van der Waals surface area (Å²) in [4.78, 5) is 12.8. The molecule has 7 nitrogen and oxygen atoms in total. The molecular formula is C10H17N4O3+. The minimum atomic E-state index is -0.533. The highest BCUT2D eigenvalue weighted by molar-refractivity contribution is 5.82. The van der Waals surface area contributed by atoms with Crippen molar-refractivity contribution in [2.75, 3.05) is 30.0 Å². The van der Waals surface area contributed by atoms with Crippen LogP contribution in [0.1, 0.15) is 26.2 Å². The van der Waals surface area contributed by atoms with Crippen molar-refractivity contribution >= 4 is 12.0 Å². The molecule has 1 saturated heterocycles. The molecule has 0 bridgehead atoms. The summed E-state index contributed by atoms with van der Waals surface area (Å²) in [5.74, 6) is 0.286. The van der Waals surface area contributed by atoms with E-state index in [0.29, 0.717) is 6.61 Å². The van der Waals surface area contributed by atoms with E-state index < -0.39 is 6.09 Å². The molecule has 1 aromatic rings. The smallest absolute Gasteiger partial charge is 0.414 e. The van der Waals surface area contributed by atoms with E-state index in [4.69, 9.17) is 9.26 Å². The number of hydrogen-bond donors (Lipinski definition) is 1. The normalized spacial score (nSPS) is 15.7. The number of aromatic nitrogens is 2. The number of carbonyl (C=O) groups is 1. The maximum absolute atomic E-state index is 11.2. The van der Waals surface area contributed by atoms with Gasteiger partial charge in [-0.3, -0.25) is 9.84 Å². The number of piperidine rings is 1. The van der Waals surface area contributed by atoms with Gasteiger partial charge in [-0.1, -0.05) is 0 Å². The lowest BCUT2D eigenvalue weighted by Crippen LogP contribution is -2.60. The lowest BCUT2D eigenvalue weighted by molar-refractivity contribution is -0.759. The molecule has 1 fully saturated rings. The molecule has 94 valence electrons. The third-order valence-corrected chi connectivity index (χ3v) is 2.58. The number of nitrogens with zero attached hydrogens (tertiary/aromatic N) is 3. The van der Waals surface area contributed by atoms with Crippen LogP contribution in [0.3, 0.4) is 0 Å². The Balaban J connectivity index is 1.93. The lowest BCUT2D eigenvalue weighted by atomic mass is 10.2. The predicted octanol–water partition coefficient (Wildman–Crippen LogP) is 0.652. The Kier molecular flexibility index (Phi) is 3.79. The topological polar surface area (TPSA) is 71.5 Å². The van der Waals surface area contributed by atoms with Gasteiger partial charge in [0.05, 0.1) is 24.5 Å². The van der Waals surface area contributed by atoms with E-state index in [1.165, 1.54) is 6.42 Å². The van der Waals surface area contributed by atoms with Gasteiger partial charge < -0.3 is 4.74 Å². The van der Waals surface area contributed by atoms with Crippen molar-refractivity contribution in [3.8, 4) is 0 Å². The Morgan fingerprint density at radius 3 is 3.06 bits per heavy atom. The molecule has 1 aliphatic rings. The Morgan fingerprint density at radius 1 is 1.59 bits per heavy atom. The zero-order chi connectivity index (χ0) is 12.1. The second-order valence-electron chi connectivity index (χ2n) is 3.85. The molecule has 2 heterocycles. The largest absolute Gasteiger partial charge is 0.450 e. The monoisotopic (exact) mass is 241 g/mol. The van der Waals surface area contributed by atoms with E-state index in [9.17, 15) is 4.79 Å². The summed E-state index contributed by atoms with van der Waals surface area (Å²) in [5.41, 5.74) is 0. The van der Waals surface area contributed by atoms with Crippen LogP contribution in [0.15, 0.2) is 10.7 Å². The fourth-order valence-corrected chi connectivity index (χ4v) is 1.78. The van der Waals surface area contributed by atoms with Crippen LogP contribution in [0.5, 0.6) is 0 Å². The van der Waals surface area contributed by atoms with Gasteiger partial charge in [0.15, 0.2) is 0 Å². The predicted molar refractivity (Wildman–Crippen MR) is 59.1 cm³/mol. The van der Waals surface area contributed by atoms with Crippen LogP contribution in [0, 0.1) is 0 Å². The average Bonchev–Trinajstić information content (AvgIpc) is 2.79. The Hall–Kier alpha value is -1.79. The molecule has 0 aliphatic carbocycles. The number of amides is 1. The fraction of sp³-hybridized carbons (Fsp3) is 0.700. The van der Waals surface area contributed by atoms with Crippen molar-refractivity contribution in [1.82, 2.24) is 5.27 Å². The van der Waals surface area contributed by atoms with E-state index in [2.05, 4.69) is 15.6 Å². The summed E-state index contributed by atoms with van der Waals surface area (Å²) in [5, 5.41) is 8.39. The molecule has 0 atom stereocenters. The van der Waals surface area contributed by atoms with Gasteiger partial charge in [0.25, 0.3) is 6.20 Å². The maximum Gasteiger partial charge on any atom is 0.414 e. The second kappa shape index (κ2) is 5.51. The van der Waals surface area contributed by atoms with Crippen LogP contribution in [-0.4, -0.2) is 31.1 Å². The van der Waals surface area contributed by atoms with Crippen LogP contribution in [0.25, 0.3) is 0 Å². The maximum atomic E-state index is 11.2. The van der Waals surface area contributed by atoms with E-state index in [0.717, 1.165) is 25.9 Å². The summed E-state index contributed by atoms with van der Waals surface area (Å²) < 4.78 is 9.73. The van der Waals surface area contributed by atoms with E-state index in [-0.39, 0.29) is 5.88 Å². The molecule has 1 aromatic heterocycles. The number of rotatable bonds is 3. The molecule has 0 unspecified atom stereocenters. The zero-order valence-electron chi connectivity index (χ0n) is 9.89. The zero-order valence-corrected chi connectivity index (χ0v) is 9.89. The average molecular weight is 241 g/mol. The molecule has 7 heteroatoms. The summed E-state index contributed by atoms with van der Waals surface area (Å²) in [7, 11) is 0. The molecule has 0 saturated carbocycles. The van der Waals surface area contributed by atoms with Crippen LogP contribution in [0.4, 0.5) is 10.7 Å². The summed E-state index contributed by atoms with van der Waals surface area (Å²) in [6.45, 7) is 3.98. The van der Waals surface area contributed by atoms with Crippen molar-refractivity contribution in [2.24, 2.45) is 0 Å². The first-order valence-corrected chi connectivity index (χ1v) is 5.87. The van der Waals surface area contributed by atoms with Gasteiger partial charge in [-0.15, -0.1) is 0 Å². The van der Waals surface area contributed by atoms with E-state index in [1.807, 2.05) is 0 Å². The van der Waals surface area contributed by atoms with Crippen molar-refractivity contribution in [3.63, 3.8) is 0 Å². The number of carbonyl (C=O) groups excluding carboxylic acids is 1. The lowest BCUT2D eigenvalue weighted by Gasteiger charge is -2.17. The molecule has 0 aromatic carbocycles. The highest BCUT2D eigenvalue weighted by Crippen LogP contribution is 2.06. The van der Waals surface area contributed by atoms with Crippen LogP contribution < -0.4 is 15.1 Å². The number of ether oxygens (including phenoxy) is 1. The van der Waals surface area contributed by atoms with E-state index >= 15 is 0 Å². The van der Waals surface area contributed by atoms with E-state index in [1.54, 1.807) is 17.9 Å². The highest BCUT2D eigenvalue weighted by atomic mass is 16.6. The number of nitrogens with one attached hydrogen (secondary N) is 1. The first-order valence-electron chi connectivity index (χ1n) is 5.87. The molecule has 1 aliphatic heterocycles. The molecule has 0 spiro atoms. The molecular weight excluding hydrogens is 224 g/mol. The van der Waals surface area contributed by atoms with Crippen molar-refractivity contribution < 1.29 is 18.8 Å². The van der Waals surface area contributed by atoms with Crippen molar-refractivity contribution in [3.05, 3.63) is 6.20 Å². The van der Waals surface area contributed by atoms with Crippen molar-refractivity contribution in [1.29, 1.82) is 0 Å². The van der Waals surface area contributed by atoms with Gasteiger partial charge in [0, 0.05) is 0 Å². The first-order chi connectivity index (χ1) is 8.29. The first kappa shape index (κ1) is 11.7. The van der Waals surface area contributed by atoms with Gasteiger partial charge in [-0.25, -0.2) is 4.79 Å². The van der Waals surface area contributed by atoms with Crippen molar-refractivity contribution in [2.45, 2.75) is 26.2 Å². The molecule has 0 radical (unpaired) electrons. The Labute approximate surface area is 99.3 Å². The summed E-state index contributed by atoms with van der Waals surface area (Å²) in [6, 6.07) is 0. The SMILES string of the molecule is CCOC(=O)Nc1c[n+](N2CCCCC2)no1.